The van der Waals surface area contributed by atoms with E-state index in [0.29, 0.717) is 18.7 Å². The summed E-state index contributed by atoms with van der Waals surface area (Å²) in [7, 11) is 1.69. The number of carbonyl (C=O) groups is 1. The van der Waals surface area contributed by atoms with Crippen LogP contribution in [0.25, 0.3) is 5.69 Å². The molecule has 0 unspecified atom stereocenters. The van der Waals surface area contributed by atoms with E-state index in [1.165, 1.54) is 0 Å². The van der Waals surface area contributed by atoms with Crippen molar-refractivity contribution in [3.8, 4) is 11.4 Å². The zero-order valence-corrected chi connectivity index (χ0v) is 17.1. The van der Waals surface area contributed by atoms with Gasteiger partial charge in [0.25, 0.3) is 5.91 Å². The molecule has 29 heavy (non-hydrogen) atoms. The van der Waals surface area contributed by atoms with Crippen molar-refractivity contribution in [1.82, 2.24) is 14.7 Å². The van der Waals surface area contributed by atoms with E-state index in [2.05, 4.69) is 35.1 Å². The number of methoxy groups -OCH3 is 1. The number of anilines is 1. The summed E-state index contributed by atoms with van der Waals surface area (Å²) in [5, 5.41) is 4.47. The largest absolute Gasteiger partial charge is 0.495 e. The molecule has 1 amide bonds. The number of aryl methyl sites for hydroxylation is 1. The normalized spacial score (nSPS) is 14.2. The lowest BCUT2D eigenvalue weighted by molar-refractivity contribution is 0.0746. The third-order valence-corrected chi connectivity index (χ3v) is 5.48. The Morgan fingerprint density at radius 1 is 1.00 bits per heavy atom. The average molecular weight is 390 g/mol. The Kier molecular flexibility index (Phi) is 5.25. The molecule has 2 aromatic carbocycles. The number of para-hydroxylation sites is 2. The maximum atomic E-state index is 13.1. The van der Waals surface area contributed by atoms with E-state index in [9.17, 15) is 4.79 Å². The Hall–Kier alpha value is -3.28. The monoisotopic (exact) mass is 390 g/mol. The first-order valence-corrected chi connectivity index (χ1v) is 9.87. The van der Waals surface area contributed by atoms with Gasteiger partial charge in [0.1, 0.15) is 5.75 Å². The van der Waals surface area contributed by atoms with Crippen LogP contribution >= 0.6 is 0 Å². The minimum Gasteiger partial charge on any atom is -0.495 e. The second kappa shape index (κ2) is 7.99. The number of amides is 1. The molecule has 0 spiro atoms. The van der Waals surface area contributed by atoms with Gasteiger partial charge in [-0.25, -0.2) is 4.68 Å². The molecule has 0 radical (unpaired) electrons. The van der Waals surface area contributed by atoms with Gasteiger partial charge < -0.3 is 14.5 Å². The number of hydrogen-bond acceptors (Lipinski definition) is 4. The van der Waals surface area contributed by atoms with Gasteiger partial charge in [0.2, 0.25) is 0 Å². The smallest absolute Gasteiger partial charge is 0.257 e. The molecule has 0 saturated carbocycles. The van der Waals surface area contributed by atoms with Gasteiger partial charge >= 0.3 is 0 Å². The number of rotatable bonds is 4. The molecule has 3 aromatic rings. The van der Waals surface area contributed by atoms with Crippen LogP contribution in [-0.2, 0) is 0 Å². The molecule has 1 aromatic heterocycles. The summed E-state index contributed by atoms with van der Waals surface area (Å²) in [4.78, 5) is 17.3. The van der Waals surface area contributed by atoms with Crippen molar-refractivity contribution >= 4 is 11.6 Å². The maximum Gasteiger partial charge on any atom is 0.257 e. The molecule has 0 N–H and O–H groups in total. The highest BCUT2D eigenvalue weighted by atomic mass is 16.5. The summed E-state index contributed by atoms with van der Waals surface area (Å²) < 4.78 is 7.32. The molecule has 1 aliphatic heterocycles. The molecule has 0 bridgehead atoms. The molecule has 150 valence electrons. The van der Waals surface area contributed by atoms with Gasteiger partial charge in [-0.15, -0.1) is 0 Å². The van der Waals surface area contributed by atoms with Crippen molar-refractivity contribution < 1.29 is 9.53 Å². The SMILES string of the molecule is COc1ccccc1N1CCN(C(=O)c2cnn(-c3cccc(C)c3)c2C)CC1. The fraction of sp³-hybridized carbons (Fsp3) is 0.304. The molecule has 1 saturated heterocycles. The van der Waals surface area contributed by atoms with Crippen molar-refractivity contribution in [3.05, 3.63) is 71.5 Å². The average Bonchev–Trinajstić information content (AvgIpc) is 3.14. The van der Waals surface area contributed by atoms with E-state index in [0.717, 1.165) is 41.5 Å². The highest BCUT2D eigenvalue weighted by Crippen LogP contribution is 2.28. The van der Waals surface area contributed by atoms with Crippen molar-refractivity contribution in [2.24, 2.45) is 0 Å². The topological polar surface area (TPSA) is 50.6 Å². The summed E-state index contributed by atoms with van der Waals surface area (Å²) >= 11 is 0. The fourth-order valence-corrected chi connectivity index (χ4v) is 3.85. The Labute approximate surface area is 171 Å². The summed E-state index contributed by atoms with van der Waals surface area (Å²) in [6.07, 6.45) is 1.69. The van der Waals surface area contributed by atoms with Crippen molar-refractivity contribution in [2.45, 2.75) is 13.8 Å². The van der Waals surface area contributed by atoms with Gasteiger partial charge in [0.15, 0.2) is 0 Å². The molecule has 4 rings (SSSR count). The van der Waals surface area contributed by atoms with Crippen LogP contribution in [0.4, 0.5) is 5.69 Å². The first kappa shape index (κ1) is 19.1. The highest BCUT2D eigenvalue weighted by Gasteiger charge is 2.26. The van der Waals surface area contributed by atoms with Crippen LogP contribution in [-0.4, -0.2) is 53.9 Å². The quantitative estimate of drug-likeness (QED) is 0.685. The Morgan fingerprint density at radius 2 is 1.76 bits per heavy atom. The molecule has 1 fully saturated rings. The van der Waals surface area contributed by atoms with Gasteiger partial charge in [0.05, 0.1) is 35.9 Å². The third-order valence-electron chi connectivity index (χ3n) is 5.48. The minimum atomic E-state index is 0.0427. The highest BCUT2D eigenvalue weighted by molar-refractivity contribution is 5.95. The van der Waals surface area contributed by atoms with Crippen LogP contribution in [0.2, 0.25) is 0 Å². The summed E-state index contributed by atoms with van der Waals surface area (Å²) in [6.45, 7) is 6.90. The molecule has 0 aliphatic carbocycles. The number of aromatic nitrogens is 2. The van der Waals surface area contributed by atoms with Crippen molar-refractivity contribution in [2.75, 3.05) is 38.2 Å². The first-order chi connectivity index (χ1) is 14.1. The Balaban J connectivity index is 1.48. The van der Waals surface area contributed by atoms with Crippen molar-refractivity contribution in [3.63, 3.8) is 0 Å². The predicted octanol–water partition coefficient (Wildman–Crippen LogP) is 3.46. The number of ether oxygens (including phenoxy) is 1. The second-order valence-corrected chi connectivity index (χ2v) is 7.35. The fourth-order valence-electron chi connectivity index (χ4n) is 3.85. The van der Waals surface area contributed by atoms with Crippen LogP contribution in [0.3, 0.4) is 0 Å². The van der Waals surface area contributed by atoms with Gasteiger partial charge in [-0.3, -0.25) is 4.79 Å². The molecule has 2 heterocycles. The van der Waals surface area contributed by atoms with E-state index in [1.807, 2.05) is 46.8 Å². The van der Waals surface area contributed by atoms with Gasteiger partial charge in [-0.2, -0.15) is 5.10 Å². The molecule has 1 aliphatic rings. The van der Waals surface area contributed by atoms with E-state index in [4.69, 9.17) is 4.74 Å². The van der Waals surface area contributed by atoms with E-state index >= 15 is 0 Å². The lowest BCUT2D eigenvalue weighted by atomic mass is 10.1. The van der Waals surface area contributed by atoms with Crippen molar-refractivity contribution in [1.29, 1.82) is 0 Å². The van der Waals surface area contributed by atoms with Gasteiger partial charge in [-0.05, 0) is 43.7 Å². The molecular weight excluding hydrogens is 364 g/mol. The lowest BCUT2D eigenvalue weighted by Gasteiger charge is -2.36. The predicted molar refractivity (Wildman–Crippen MR) is 114 cm³/mol. The van der Waals surface area contributed by atoms with Gasteiger partial charge in [-0.1, -0.05) is 24.3 Å². The lowest BCUT2D eigenvalue weighted by Crippen LogP contribution is -2.49. The van der Waals surface area contributed by atoms with Crippen LogP contribution in [0, 0.1) is 13.8 Å². The molecular formula is C23H26N4O2. The number of nitrogens with zero attached hydrogens (tertiary/aromatic N) is 4. The van der Waals surface area contributed by atoms with Gasteiger partial charge in [0, 0.05) is 26.2 Å². The maximum absolute atomic E-state index is 13.1. The van der Waals surface area contributed by atoms with E-state index < -0.39 is 0 Å². The van der Waals surface area contributed by atoms with E-state index in [-0.39, 0.29) is 5.91 Å². The summed E-state index contributed by atoms with van der Waals surface area (Å²) in [5.74, 6) is 0.906. The van der Waals surface area contributed by atoms with Crippen LogP contribution in [0.1, 0.15) is 21.6 Å². The van der Waals surface area contributed by atoms with E-state index in [1.54, 1.807) is 13.3 Å². The zero-order chi connectivity index (χ0) is 20.4. The minimum absolute atomic E-state index is 0.0427. The Bertz CT molecular complexity index is 1020. The first-order valence-electron chi connectivity index (χ1n) is 9.87. The summed E-state index contributed by atoms with van der Waals surface area (Å²) in [5.41, 5.74) is 4.75. The molecule has 6 heteroatoms. The van der Waals surface area contributed by atoms with Crippen LogP contribution in [0.5, 0.6) is 5.75 Å². The number of hydrogen-bond donors (Lipinski definition) is 0. The van der Waals surface area contributed by atoms with Crippen LogP contribution < -0.4 is 9.64 Å². The van der Waals surface area contributed by atoms with Crippen LogP contribution in [0.15, 0.2) is 54.7 Å². The number of piperazine rings is 1. The Morgan fingerprint density at radius 3 is 2.48 bits per heavy atom. The third kappa shape index (κ3) is 3.70. The molecule has 6 nitrogen and oxygen atoms in total. The second-order valence-electron chi connectivity index (χ2n) is 7.35. The number of carbonyl (C=O) groups excluding carboxylic acids is 1. The molecule has 0 atom stereocenters. The number of benzene rings is 2. The summed E-state index contributed by atoms with van der Waals surface area (Å²) in [6, 6.07) is 16.1. The zero-order valence-electron chi connectivity index (χ0n) is 17.1. The standard InChI is InChI=1S/C23H26N4O2/c1-17-7-6-8-19(15-17)27-18(2)20(16-24-27)23(28)26-13-11-25(12-14-26)21-9-4-5-10-22(21)29-3/h4-10,15-16H,11-14H2,1-3H3.